The van der Waals surface area contributed by atoms with E-state index in [-0.39, 0.29) is 5.54 Å². The SMILES string of the molecule is NC1(c2nc(C3CCCNC3)cs2)CC1. The van der Waals surface area contributed by atoms with Crippen LogP contribution in [0.1, 0.15) is 42.3 Å². The minimum atomic E-state index is -0.0506. The first kappa shape index (κ1) is 9.75. The van der Waals surface area contributed by atoms with E-state index in [2.05, 4.69) is 10.7 Å². The maximum Gasteiger partial charge on any atom is 0.113 e. The van der Waals surface area contributed by atoms with Gasteiger partial charge in [-0.25, -0.2) is 4.98 Å². The second-order valence-corrected chi connectivity index (χ2v) is 5.64. The van der Waals surface area contributed by atoms with Crippen molar-refractivity contribution in [2.45, 2.75) is 37.1 Å². The lowest BCUT2D eigenvalue weighted by Crippen LogP contribution is -2.28. The van der Waals surface area contributed by atoms with E-state index >= 15 is 0 Å². The zero-order valence-corrected chi connectivity index (χ0v) is 9.65. The Balaban J connectivity index is 1.77. The van der Waals surface area contributed by atoms with Gasteiger partial charge in [-0.1, -0.05) is 0 Å². The molecule has 1 aromatic rings. The van der Waals surface area contributed by atoms with E-state index in [9.17, 15) is 0 Å². The Morgan fingerprint density at radius 3 is 3.07 bits per heavy atom. The predicted molar refractivity (Wildman–Crippen MR) is 62.1 cm³/mol. The van der Waals surface area contributed by atoms with Crippen molar-refractivity contribution < 1.29 is 0 Å². The van der Waals surface area contributed by atoms with E-state index in [1.165, 1.54) is 18.5 Å². The minimum Gasteiger partial charge on any atom is -0.319 e. The van der Waals surface area contributed by atoms with Crippen molar-refractivity contribution in [1.82, 2.24) is 10.3 Å². The molecule has 0 radical (unpaired) electrons. The summed E-state index contributed by atoms with van der Waals surface area (Å²) in [5.74, 6) is 0.617. The van der Waals surface area contributed by atoms with Gasteiger partial charge in [0.1, 0.15) is 5.01 Å². The number of rotatable bonds is 2. The first-order chi connectivity index (χ1) is 7.28. The van der Waals surface area contributed by atoms with Crippen molar-refractivity contribution in [3.8, 4) is 0 Å². The summed E-state index contributed by atoms with van der Waals surface area (Å²) in [6, 6.07) is 0. The van der Waals surface area contributed by atoms with Crippen molar-refractivity contribution in [2.75, 3.05) is 13.1 Å². The lowest BCUT2D eigenvalue weighted by Gasteiger charge is -2.20. The molecule has 2 heterocycles. The molecule has 0 aromatic carbocycles. The normalized spacial score (nSPS) is 29.0. The lowest BCUT2D eigenvalue weighted by atomic mass is 9.97. The maximum absolute atomic E-state index is 6.14. The number of nitrogens with zero attached hydrogens (tertiary/aromatic N) is 1. The minimum absolute atomic E-state index is 0.0506. The van der Waals surface area contributed by atoms with E-state index in [0.29, 0.717) is 5.92 Å². The third-order valence-corrected chi connectivity index (χ3v) is 4.53. The molecule has 1 atom stereocenters. The third-order valence-electron chi connectivity index (χ3n) is 3.45. The van der Waals surface area contributed by atoms with Crippen molar-refractivity contribution in [1.29, 1.82) is 0 Å². The standard InChI is InChI=1S/C11H17N3S/c12-11(3-4-11)10-14-9(7-15-10)8-2-1-5-13-6-8/h7-8,13H,1-6,12H2. The van der Waals surface area contributed by atoms with Gasteiger partial charge in [-0.15, -0.1) is 11.3 Å². The number of hydrogen-bond donors (Lipinski definition) is 2. The fourth-order valence-electron chi connectivity index (χ4n) is 2.16. The van der Waals surface area contributed by atoms with Crippen LogP contribution in [0.15, 0.2) is 5.38 Å². The van der Waals surface area contributed by atoms with Crippen LogP contribution in [0.5, 0.6) is 0 Å². The highest BCUT2D eigenvalue weighted by molar-refractivity contribution is 7.09. The zero-order chi connectivity index (χ0) is 10.3. The maximum atomic E-state index is 6.14. The monoisotopic (exact) mass is 223 g/mol. The molecule has 1 unspecified atom stereocenters. The molecule has 82 valence electrons. The molecule has 2 fully saturated rings. The second kappa shape index (κ2) is 3.54. The Labute approximate surface area is 94.1 Å². The summed E-state index contributed by atoms with van der Waals surface area (Å²) in [5, 5.41) is 6.79. The molecular weight excluding hydrogens is 206 g/mol. The summed E-state index contributed by atoms with van der Waals surface area (Å²) in [5.41, 5.74) is 7.36. The Bertz CT molecular complexity index is 350. The number of nitrogens with one attached hydrogen (secondary N) is 1. The Kier molecular flexibility index (Phi) is 2.30. The van der Waals surface area contributed by atoms with Crippen LogP contribution in [0.2, 0.25) is 0 Å². The van der Waals surface area contributed by atoms with Gasteiger partial charge < -0.3 is 11.1 Å². The first-order valence-corrected chi connectivity index (χ1v) is 6.61. The van der Waals surface area contributed by atoms with Gasteiger partial charge in [0.15, 0.2) is 0 Å². The molecule has 0 bridgehead atoms. The van der Waals surface area contributed by atoms with Crippen LogP contribution in [0.3, 0.4) is 0 Å². The largest absolute Gasteiger partial charge is 0.319 e. The first-order valence-electron chi connectivity index (χ1n) is 5.73. The van der Waals surface area contributed by atoms with Crippen LogP contribution in [0.25, 0.3) is 0 Å². The summed E-state index contributed by atoms with van der Waals surface area (Å²) in [6.45, 7) is 2.25. The molecule has 3 rings (SSSR count). The summed E-state index contributed by atoms with van der Waals surface area (Å²) in [4.78, 5) is 4.72. The molecule has 15 heavy (non-hydrogen) atoms. The van der Waals surface area contributed by atoms with Crippen molar-refractivity contribution in [2.24, 2.45) is 5.73 Å². The quantitative estimate of drug-likeness (QED) is 0.800. The summed E-state index contributed by atoms with van der Waals surface area (Å²) < 4.78 is 0. The van der Waals surface area contributed by atoms with E-state index in [0.717, 1.165) is 30.9 Å². The van der Waals surface area contributed by atoms with Gasteiger partial charge in [0, 0.05) is 17.8 Å². The van der Waals surface area contributed by atoms with Gasteiger partial charge in [0.2, 0.25) is 0 Å². The van der Waals surface area contributed by atoms with Crippen LogP contribution < -0.4 is 11.1 Å². The van der Waals surface area contributed by atoms with Crippen LogP contribution in [0.4, 0.5) is 0 Å². The number of hydrogen-bond acceptors (Lipinski definition) is 4. The van der Waals surface area contributed by atoms with Crippen molar-refractivity contribution >= 4 is 11.3 Å². The fraction of sp³-hybridized carbons (Fsp3) is 0.727. The topological polar surface area (TPSA) is 50.9 Å². The van der Waals surface area contributed by atoms with Gasteiger partial charge in [0.25, 0.3) is 0 Å². The van der Waals surface area contributed by atoms with Crippen LogP contribution >= 0.6 is 11.3 Å². The Morgan fingerprint density at radius 1 is 1.53 bits per heavy atom. The zero-order valence-electron chi connectivity index (χ0n) is 8.83. The van der Waals surface area contributed by atoms with Crippen molar-refractivity contribution in [3.05, 3.63) is 16.1 Å². The summed E-state index contributed by atoms with van der Waals surface area (Å²) in [6.07, 6.45) is 4.77. The van der Waals surface area contributed by atoms with E-state index < -0.39 is 0 Å². The number of aromatic nitrogens is 1. The molecule has 2 aliphatic rings. The highest BCUT2D eigenvalue weighted by atomic mass is 32.1. The Morgan fingerprint density at radius 2 is 2.40 bits per heavy atom. The average molecular weight is 223 g/mol. The van der Waals surface area contributed by atoms with Crippen LogP contribution in [-0.2, 0) is 5.54 Å². The number of nitrogens with two attached hydrogens (primary N) is 1. The number of thiazole rings is 1. The van der Waals surface area contributed by atoms with Gasteiger partial charge in [-0.05, 0) is 32.2 Å². The molecule has 1 saturated carbocycles. The highest BCUT2D eigenvalue weighted by Gasteiger charge is 2.43. The Hall–Kier alpha value is -0.450. The molecular formula is C11H17N3S. The summed E-state index contributed by atoms with van der Waals surface area (Å²) in [7, 11) is 0. The molecule has 0 spiro atoms. The van der Waals surface area contributed by atoms with E-state index in [1.807, 2.05) is 0 Å². The van der Waals surface area contributed by atoms with E-state index in [1.54, 1.807) is 11.3 Å². The second-order valence-electron chi connectivity index (χ2n) is 4.78. The van der Waals surface area contributed by atoms with Gasteiger partial charge in [-0.2, -0.15) is 0 Å². The third kappa shape index (κ3) is 1.82. The van der Waals surface area contributed by atoms with Gasteiger partial charge in [-0.3, -0.25) is 0 Å². The highest BCUT2D eigenvalue weighted by Crippen LogP contribution is 2.44. The molecule has 1 aliphatic carbocycles. The smallest absolute Gasteiger partial charge is 0.113 e. The fourth-order valence-corrected chi connectivity index (χ4v) is 3.23. The molecule has 4 heteroatoms. The molecule has 1 aliphatic heterocycles. The lowest BCUT2D eigenvalue weighted by molar-refractivity contribution is 0.455. The molecule has 3 nitrogen and oxygen atoms in total. The average Bonchev–Trinajstić information content (AvgIpc) is 2.85. The predicted octanol–water partition coefficient (Wildman–Crippen LogP) is 1.56. The van der Waals surface area contributed by atoms with Crippen LogP contribution in [0, 0.1) is 0 Å². The van der Waals surface area contributed by atoms with E-state index in [4.69, 9.17) is 10.7 Å². The molecule has 3 N–H and O–H groups in total. The van der Waals surface area contributed by atoms with Gasteiger partial charge >= 0.3 is 0 Å². The molecule has 1 aromatic heterocycles. The molecule has 1 saturated heterocycles. The molecule has 0 amide bonds. The summed E-state index contributed by atoms with van der Waals surface area (Å²) >= 11 is 1.75. The van der Waals surface area contributed by atoms with Gasteiger partial charge in [0.05, 0.1) is 11.2 Å². The van der Waals surface area contributed by atoms with Crippen LogP contribution in [-0.4, -0.2) is 18.1 Å². The van der Waals surface area contributed by atoms with Crippen molar-refractivity contribution in [3.63, 3.8) is 0 Å². The number of piperidine rings is 1.